The van der Waals surface area contributed by atoms with Gasteiger partial charge in [-0.3, -0.25) is 0 Å². The average Bonchev–Trinajstić information content (AvgIpc) is 2.09. The van der Waals surface area contributed by atoms with Gasteiger partial charge in [-0.25, -0.2) is 13.8 Å². The highest BCUT2D eigenvalue weighted by Gasteiger charge is 2.16. The topological polar surface area (TPSA) is 38.4 Å². The van der Waals surface area contributed by atoms with E-state index in [4.69, 9.17) is 5.73 Å². The van der Waals surface area contributed by atoms with Crippen LogP contribution in [0, 0.1) is 17.0 Å². The van der Waals surface area contributed by atoms with E-state index < -0.39 is 11.6 Å². The van der Waals surface area contributed by atoms with Crippen LogP contribution in [0.25, 0.3) is 0 Å². The van der Waals surface area contributed by atoms with Crippen LogP contribution in [0.1, 0.15) is 20.8 Å². The molecule has 0 radical (unpaired) electrons. The van der Waals surface area contributed by atoms with E-state index in [9.17, 15) is 8.78 Å². The van der Waals surface area contributed by atoms with E-state index in [1.165, 1.54) is 0 Å². The number of hydrogen-bond donors (Lipinski definition) is 1. The van der Waals surface area contributed by atoms with Gasteiger partial charge in [-0.2, -0.15) is 0 Å². The molecule has 0 aliphatic heterocycles. The first-order valence-electron chi connectivity index (χ1n) is 4.60. The summed E-state index contributed by atoms with van der Waals surface area (Å²) in [5.74, 6) is -0.840. The number of rotatable bonds is 1. The van der Waals surface area contributed by atoms with Crippen molar-refractivity contribution in [3.63, 3.8) is 0 Å². The Hall–Kier alpha value is -1.45. The second-order valence-electron chi connectivity index (χ2n) is 4.34. The molecule has 0 heterocycles. The zero-order valence-electron chi connectivity index (χ0n) is 9.01. The Kier molecular flexibility index (Phi) is 3.07. The fraction of sp³-hybridized carbons (Fsp3) is 0.364. The monoisotopic (exact) mass is 212 g/mol. The van der Waals surface area contributed by atoms with Gasteiger partial charge in [0.15, 0.2) is 0 Å². The number of hydrogen-bond acceptors (Lipinski definition) is 1. The molecule has 0 saturated heterocycles. The molecular formula is C11H14F2N2. The third-order valence-electron chi connectivity index (χ3n) is 1.92. The van der Waals surface area contributed by atoms with Crippen molar-refractivity contribution in [3.8, 4) is 0 Å². The number of nitrogens with two attached hydrogens (primary N) is 1. The van der Waals surface area contributed by atoms with Crippen molar-refractivity contribution in [1.82, 2.24) is 0 Å². The van der Waals surface area contributed by atoms with Crippen LogP contribution in [0.2, 0.25) is 0 Å². The molecule has 0 aliphatic rings. The van der Waals surface area contributed by atoms with Crippen molar-refractivity contribution in [2.75, 3.05) is 0 Å². The van der Waals surface area contributed by atoms with Crippen molar-refractivity contribution in [2.24, 2.45) is 16.1 Å². The summed E-state index contributed by atoms with van der Waals surface area (Å²) in [6.45, 7) is 5.55. The number of aliphatic imine (C=N–C) groups is 1. The maximum atomic E-state index is 13.2. The number of benzene rings is 1. The second kappa shape index (κ2) is 3.96. The van der Waals surface area contributed by atoms with Gasteiger partial charge in [-0.05, 0) is 12.1 Å². The molecule has 1 rings (SSSR count). The van der Waals surface area contributed by atoms with Gasteiger partial charge in [-0.1, -0.05) is 20.8 Å². The van der Waals surface area contributed by atoms with Crippen LogP contribution in [-0.4, -0.2) is 5.84 Å². The molecular weight excluding hydrogens is 198 g/mol. The second-order valence-corrected chi connectivity index (χ2v) is 4.34. The lowest BCUT2D eigenvalue weighted by atomic mass is 9.95. The van der Waals surface area contributed by atoms with Gasteiger partial charge in [0.2, 0.25) is 0 Å². The van der Waals surface area contributed by atoms with E-state index in [0.717, 1.165) is 18.2 Å². The standard InChI is InChI=1S/C11H14F2N2/c1-11(2,3)10(14)15-9-6-7(12)4-5-8(9)13/h4-6H,1-3H3,(H2,14,15). The highest BCUT2D eigenvalue weighted by atomic mass is 19.1. The minimum atomic E-state index is -0.580. The molecule has 1 aromatic carbocycles. The van der Waals surface area contributed by atoms with E-state index in [1.807, 2.05) is 20.8 Å². The highest BCUT2D eigenvalue weighted by molar-refractivity contribution is 5.87. The van der Waals surface area contributed by atoms with Crippen LogP contribution in [-0.2, 0) is 0 Å². The average molecular weight is 212 g/mol. The normalized spacial score (nSPS) is 13.0. The van der Waals surface area contributed by atoms with E-state index in [-0.39, 0.29) is 16.9 Å². The predicted molar refractivity (Wildman–Crippen MR) is 57.1 cm³/mol. The maximum absolute atomic E-state index is 13.2. The number of nitrogens with zero attached hydrogens (tertiary/aromatic N) is 1. The van der Waals surface area contributed by atoms with Crippen LogP contribution >= 0.6 is 0 Å². The minimum absolute atomic E-state index is 0.0672. The molecule has 0 saturated carbocycles. The Morgan fingerprint density at radius 3 is 2.40 bits per heavy atom. The summed E-state index contributed by atoms with van der Waals surface area (Å²) in [6.07, 6.45) is 0. The highest BCUT2D eigenvalue weighted by Crippen LogP contribution is 2.22. The first-order chi connectivity index (χ1) is 6.80. The fourth-order valence-corrected chi connectivity index (χ4v) is 0.869. The molecule has 2 N–H and O–H groups in total. The molecule has 2 nitrogen and oxygen atoms in total. The fourth-order valence-electron chi connectivity index (χ4n) is 0.869. The van der Waals surface area contributed by atoms with Crippen LogP contribution in [0.4, 0.5) is 14.5 Å². The molecule has 0 aromatic heterocycles. The number of amidine groups is 1. The molecule has 0 aliphatic carbocycles. The van der Waals surface area contributed by atoms with Crippen molar-refractivity contribution in [2.45, 2.75) is 20.8 Å². The lowest BCUT2D eigenvalue weighted by Crippen LogP contribution is -2.28. The van der Waals surface area contributed by atoms with Crippen molar-refractivity contribution in [3.05, 3.63) is 29.8 Å². The van der Waals surface area contributed by atoms with Crippen molar-refractivity contribution < 1.29 is 8.78 Å². The molecule has 0 atom stereocenters. The lowest BCUT2D eigenvalue weighted by Gasteiger charge is -2.17. The maximum Gasteiger partial charge on any atom is 0.149 e. The van der Waals surface area contributed by atoms with E-state index in [2.05, 4.69) is 4.99 Å². The van der Waals surface area contributed by atoms with E-state index in [0.29, 0.717) is 0 Å². The molecule has 82 valence electrons. The quantitative estimate of drug-likeness (QED) is 0.564. The Labute approximate surface area is 87.8 Å². The molecule has 0 bridgehead atoms. The Morgan fingerprint density at radius 2 is 1.87 bits per heavy atom. The third kappa shape index (κ3) is 3.01. The van der Waals surface area contributed by atoms with Crippen LogP contribution in [0.3, 0.4) is 0 Å². The molecule has 4 heteroatoms. The summed E-state index contributed by atoms with van der Waals surface area (Å²) in [4.78, 5) is 3.87. The van der Waals surface area contributed by atoms with Crippen molar-refractivity contribution in [1.29, 1.82) is 0 Å². The molecule has 0 amide bonds. The molecule has 1 aromatic rings. The summed E-state index contributed by atoms with van der Waals surface area (Å²) in [6, 6.07) is 3.10. The van der Waals surface area contributed by atoms with Crippen LogP contribution < -0.4 is 5.73 Å². The van der Waals surface area contributed by atoms with Gasteiger partial charge in [-0.15, -0.1) is 0 Å². The minimum Gasteiger partial charge on any atom is -0.387 e. The van der Waals surface area contributed by atoms with Gasteiger partial charge >= 0.3 is 0 Å². The molecule has 15 heavy (non-hydrogen) atoms. The van der Waals surface area contributed by atoms with Crippen LogP contribution in [0.5, 0.6) is 0 Å². The lowest BCUT2D eigenvalue weighted by molar-refractivity contribution is 0.581. The van der Waals surface area contributed by atoms with E-state index in [1.54, 1.807) is 0 Å². The van der Waals surface area contributed by atoms with Crippen LogP contribution in [0.15, 0.2) is 23.2 Å². The summed E-state index contributed by atoms with van der Waals surface area (Å²) < 4.78 is 26.0. The largest absolute Gasteiger partial charge is 0.387 e. The van der Waals surface area contributed by atoms with E-state index >= 15 is 0 Å². The Balaban J connectivity index is 3.13. The Morgan fingerprint density at radius 1 is 1.27 bits per heavy atom. The SMILES string of the molecule is CC(C)(C)C(N)=Nc1cc(F)ccc1F. The predicted octanol–water partition coefficient (Wildman–Crippen LogP) is 3.00. The number of halogens is 2. The zero-order valence-corrected chi connectivity index (χ0v) is 9.01. The van der Waals surface area contributed by atoms with Crippen molar-refractivity contribution >= 4 is 11.5 Å². The molecule has 0 fully saturated rings. The summed E-state index contributed by atoms with van der Waals surface area (Å²) in [5, 5.41) is 0. The summed E-state index contributed by atoms with van der Waals surface area (Å²) in [7, 11) is 0. The summed E-state index contributed by atoms with van der Waals surface area (Å²) in [5.41, 5.74) is 5.23. The smallest absolute Gasteiger partial charge is 0.149 e. The van der Waals surface area contributed by atoms with Gasteiger partial charge in [0.1, 0.15) is 23.2 Å². The zero-order chi connectivity index (χ0) is 11.6. The third-order valence-corrected chi connectivity index (χ3v) is 1.92. The summed E-state index contributed by atoms with van der Waals surface area (Å²) >= 11 is 0. The molecule has 0 unspecified atom stereocenters. The van der Waals surface area contributed by atoms with Gasteiger partial charge in [0.05, 0.1) is 0 Å². The Bertz CT molecular complexity index is 392. The first-order valence-corrected chi connectivity index (χ1v) is 4.60. The molecule has 0 spiro atoms. The van der Waals surface area contributed by atoms with Gasteiger partial charge < -0.3 is 5.73 Å². The van der Waals surface area contributed by atoms with Gasteiger partial charge in [0.25, 0.3) is 0 Å². The first kappa shape index (κ1) is 11.6. The van der Waals surface area contributed by atoms with Gasteiger partial charge in [0, 0.05) is 11.5 Å².